The second kappa shape index (κ2) is 3.26. The molecular formula is C10H16N4. The third-order valence-electron chi connectivity index (χ3n) is 3.34. The van der Waals surface area contributed by atoms with Gasteiger partial charge >= 0.3 is 0 Å². The lowest BCUT2D eigenvalue weighted by Crippen LogP contribution is -2.15. The zero-order chi connectivity index (χ0) is 9.38. The normalized spacial score (nSPS) is 22.0. The summed E-state index contributed by atoms with van der Waals surface area (Å²) in [4.78, 5) is 0. The van der Waals surface area contributed by atoms with E-state index in [1.165, 1.54) is 37.9 Å². The number of hydrogen-bond donors (Lipinski definition) is 1. The van der Waals surface area contributed by atoms with E-state index in [0.29, 0.717) is 5.92 Å². The number of aromatic nitrogens is 3. The van der Waals surface area contributed by atoms with Gasteiger partial charge in [0, 0.05) is 19.0 Å². The van der Waals surface area contributed by atoms with Crippen molar-refractivity contribution in [1.29, 1.82) is 0 Å². The standard InChI is InChI=1S/C10H16N4/c1-2-7-14-9(8-4-3-5-8)12-13-10(14)11-6-1/h8H,1-7H2,(H,11,13). The lowest BCUT2D eigenvalue weighted by atomic mass is 9.85. The van der Waals surface area contributed by atoms with Crippen LogP contribution < -0.4 is 5.32 Å². The average Bonchev–Trinajstić information content (AvgIpc) is 2.36. The van der Waals surface area contributed by atoms with Gasteiger partial charge in [0.2, 0.25) is 5.95 Å². The summed E-state index contributed by atoms with van der Waals surface area (Å²) in [7, 11) is 0. The maximum atomic E-state index is 4.31. The summed E-state index contributed by atoms with van der Waals surface area (Å²) in [5, 5.41) is 11.9. The quantitative estimate of drug-likeness (QED) is 0.737. The Kier molecular flexibility index (Phi) is 1.92. The van der Waals surface area contributed by atoms with Gasteiger partial charge in [0.15, 0.2) is 0 Å². The number of hydrogen-bond acceptors (Lipinski definition) is 3. The average molecular weight is 192 g/mol. The molecule has 0 spiro atoms. The third-order valence-corrected chi connectivity index (χ3v) is 3.34. The summed E-state index contributed by atoms with van der Waals surface area (Å²) in [5.41, 5.74) is 0. The number of nitrogens with one attached hydrogen (secondary N) is 1. The van der Waals surface area contributed by atoms with Gasteiger partial charge in [-0.05, 0) is 25.7 Å². The number of rotatable bonds is 1. The van der Waals surface area contributed by atoms with Crippen LogP contribution in [0.1, 0.15) is 43.8 Å². The van der Waals surface area contributed by atoms with Crippen molar-refractivity contribution in [3.05, 3.63) is 5.82 Å². The molecule has 1 N–H and O–H groups in total. The first kappa shape index (κ1) is 8.26. The minimum absolute atomic E-state index is 0.691. The van der Waals surface area contributed by atoms with Crippen LogP contribution in [0.25, 0.3) is 0 Å². The van der Waals surface area contributed by atoms with E-state index >= 15 is 0 Å². The molecule has 3 rings (SSSR count). The lowest BCUT2D eigenvalue weighted by Gasteiger charge is -2.24. The van der Waals surface area contributed by atoms with Crippen molar-refractivity contribution in [3.8, 4) is 0 Å². The van der Waals surface area contributed by atoms with Gasteiger partial charge in [0.25, 0.3) is 0 Å². The summed E-state index contributed by atoms with van der Waals surface area (Å²) in [6.45, 7) is 2.14. The highest BCUT2D eigenvalue weighted by molar-refractivity contribution is 5.28. The molecule has 0 aromatic carbocycles. The Morgan fingerprint density at radius 3 is 2.86 bits per heavy atom. The van der Waals surface area contributed by atoms with Crippen LogP contribution in [-0.4, -0.2) is 21.3 Å². The highest BCUT2D eigenvalue weighted by Gasteiger charge is 2.26. The van der Waals surface area contributed by atoms with Crippen molar-refractivity contribution in [2.75, 3.05) is 11.9 Å². The minimum atomic E-state index is 0.691. The van der Waals surface area contributed by atoms with Crippen LogP contribution in [0.5, 0.6) is 0 Å². The Hall–Kier alpha value is -1.06. The molecule has 0 saturated heterocycles. The second-order valence-corrected chi connectivity index (χ2v) is 4.30. The summed E-state index contributed by atoms with van der Waals surface area (Å²) in [5.74, 6) is 2.90. The first-order chi connectivity index (χ1) is 6.95. The van der Waals surface area contributed by atoms with Crippen LogP contribution in [0.4, 0.5) is 5.95 Å². The van der Waals surface area contributed by atoms with E-state index < -0.39 is 0 Å². The third kappa shape index (κ3) is 1.21. The smallest absolute Gasteiger partial charge is 0.224 e. The molecule has 0 radical (unpaired) electrons. The highest BCUT2D eigenvalue weighted by atomic mass is 15.4. The molecule has 4 heteroatoms. The van der Waals surface area contributed by atoms with Gasteiger partial charge < -0.3 is 5.32 Å². The van der Waals surface area contributed by atoms with Gasteiger partial charge in [-0.25, -0.2) is 0 Å². The van der Waals surface area contributed by atoms with Crippen molar-refractivity contribution >= 4 is 5.95 Å². The van der Waals surface area contributed by atoms with E-state index in [-0.39, 0.29) is 0 Å². The molecular weight excluding hydrogens is 176 g/mol. The van der Waals surface area contributed by atoms with Gasteiger partial charge in [0.05, 0.1) is 0 Å². The molecule has 1 fully saturated rings. The van der Waals surface area contributed by atoms with Gasteiger partial charge in [-0.2, -0.15) is 0 Å². The van der Waals surface area contributed by atoms with E-state index in [1.54, 1.807) is 0 Å². The fraction of sp³-hybridized carbons (Fsp3) is 0.800. The second-order valence-electron chi connectivity index (χ2n) is 4.30. The molecule has 1 aromatic heterocycles. The van der Waals surface area contributed by atoms with E-state index in [2.05, 4.69) is 20.1 Å². The Morgan fingerprint density at radius 1 is 1.14 bits per heavy atom. The predicted octanol–water partition coefficient (Wildman–Crippen LogP) is 1.75. The molecule has 14 heavy (non-hydrogen) atoms. The topological polar surface area (TPSA) is 42.7 Å². The number of fused-ring (bicyclic) bond motifs is 1. The van der Waals surface area contributed by atoms with Gasteiger partial charge in [-0.3, -0.25) is 4.57 Å². The Morgan fingerprint density at radius 2 is 2.07 bits per heavy atom. The van der Waals surface area contributed by atoms with Crippen molar-refractivity contribution in [1.82, 2.24) is 14.8 Å². The van der Waals surface area contributed by atoms with Gasteiger partial charge in [0.1, 0.15) is 5.82 Å². The summed E-state index contributed by atoms with van der Waals surface area (Å²) >= 11 is 0. The molecule has 4 nitrogen and oxygen atoms in total. The molecule has 1 aromatic rings. The molecule has 0 unspecified atom stereocenters. The maximum absolute atomic E-state index is 4.31. The van der Waals surface area contributed by atoms with Crippen molar-refractivity contribution in [3.63, 3.8) is 0 Å². The Bertz CT molecular complexity index is 327. The van der Waals surface area contributed by atoms with Crippen molar-refractivity contribution in [2.24, 2.45) is 0 Å². The predicted molar refractivity (Wildman–Crippen MR) is 54.3 cm³/mol. The van der Waals surface area contributed by atoms with Crippen LogP contribution >= 0.6 is 0 Å². The van der Waals surface area contributed by atoms with E-state index in [4.69, 9.17) is 0 Å². The van der Waals surface area contributed by atoms with E-state index in [1.807, 2.05) is 0 Å². The Labute approximate surface area is 83.7 Å². The molecule has 1 aliphatic carbocycles. The van der Waals surface area contributed by atoms with E-state index in [9.17, 15) is 0 Å². The molecule has 0 bridgehead atoms. The van der Waals surface area contributed by atoms with Crippen LogP contribution in [0.3, 0.4) is 0 Å². The SMILES string of the molecule is C1CCn2c(nnc2C2CCC2)NC1. The molecule has 2 aliphatic rings. The van der Waals surface area contributed by atoms with Crippen molar-refractivity contribution < 1.29 is 0 Å². The molecule has 0 atom stereocenters. The first-order valence-corrected chi connectivity index (χ1v) is 5.62. The van der Waals surface area contributed by atoms with Crippen LogP contribution in [-0.2, 0) is 6.54 Å². The minimum Gasteiger partial charge on any atom is -0.354 e. The molecule has 1 saturated carbocycles. The Balaban J connectivity index is 1.92. The summed E-state index contributed by atoms with van der Waals surface area (Å²) < 4.78 is 2.29. The van der Waals surface area contributed by atoms with Crippen LogP contribution in [0.2, 0.25) is 0 Å². The number of nitrogens with zero attached hydrogens (tertiary/aromatic N) is 3. The fourth-order valence-corrected chi connectivity index (χ4v) is 2.23. The fourth-order valence-electron chi connectivity index (χ4n) is 2.23. The first-order valence-electron chi connectivity index (χ1n) is 5.62. The monoisotopic (exact) mass is 192 g/mol. The van der Waals surface area contributed by atoms with Crippen LogP contribution in [0.15, 0.2) is 0 Å². The summed E-state index contributed by atoms with van der Waals surface area (Å²) in [6.07, 6.45) is 6.46. The maximum Gasteiger partial charge on any atom is 0.224 e. The van der Waals surface area contributed by atoms with Crippen LogP contribution in [0, 0.1) is 0 Å². The van der Waals surface area contributed by atoms with Crippen molar-refractivity contribution in [2.45, 2.75) is 44.6 Å². The molecule has 0 amide bonds. The largest absolute Gasteiger partial charge is 0.354 e. The molecule has 2 heterocycles. The molecule has 76 valence electrons. The van der Waals surface area contributed by atoms with Gasteiger partial charge in [-0.15, -0.1) is 10.2 Å². The zero-order valence-electron chi connectivity index (χ0n) is 8.37. The zero-order valence-corrected chi connectivity index (χ0v) is 8.37. The summed E-state index contributed by atoms with van der Waals surface area (Å²) in [6, 6.07) is 0. The van der Waals surface area contributed by atoms with Gasteiger partial charge in [-0.1, -0.05) is 6.42 Å². The number of anilines is 1. The van der Waals surface area contributed by atoms with E-state index in [0.717, 1.165) is 19.0 Å². The molecule has 1 aliphatic heterocycles. The highest BCUT2D eigenvalue weighted by Crippen LogP contribution is 2.36. The lowest BCUT2D eigenvalue weighted by molar-refractivity contribution is 0.385.